The molecule has 0 spiro atoms. The Morgan fingerprint density at radius 1 is 1.21 bits per heavy atom. The molecule has 0 atom stereocenters. The molecular formula is C17H23N5OS. The van der Waals surface area contributed by atoms with Gasteiger partial charge in [-0.3, -0.25) is 18.7 Å². The van der Waals surface area contributed by atoms with Gasteiger partial charge in [-0.05, 0) is 50.8 Å². The minimum atomic E-state index is -0.00554. The van der Waals surface area contributed by atoms with Crippen molar-refractivity contribution >= 4 is 28.9 Å². The van der Waals surface area contributed by atoms with Crippen molar-refractivity contribution in [3.8, 4) is 0 Å². The summed E-state index contributed by atoms with van der Waals surface area (Å²) in [6.45, 7) is 6.41. The molecule has 24 heavy (non-hydrogen) atoms. The zero-order valence-corrected chi connectivity index (χ0v) is 15.2. The van der Waals surface area contributed by atoms with Crippen molar-refractivity contribution in [1.29, 1.82) is 0 Å². The van der Waals surface area contributed by atoms with Crippen LogP contribution < -0.4 is 5.56 Å². The highest BCUT2D eigenvalue weighted by molar-refractivity contribution is 7.71. The summed E-state index contributed by atoms with van der Waals surface area (Å²) in [6.07, 6.45) is 1.93. The first-order chi connectivity index (χ1) is 11.6. The van der Waals surface area contributed by atoms with Gasteiger partial charge in [0.05, 0.1) is 17.6 Å². The van der Waals surface area contributed by atoms with E-state index in [0.717, 1.165) is 24.9 Å². The topological polar surface area (TPSA) is 47.5 Å². The smallest absolute Gasteiger partial charge is 0.262 e. The maximum absolute atomic E-state index is 12.8. The Kier molecular flexibility index (Phi) is 4.82. The lowest BCUT2D eigenvalue weighted by Gasteiger charge is -2.14. The van der Waals surface area contributed by atoms with Crippen molar-refractivity contribution in [3.63, 3.8) is 0 Å². The summed E-state index contributed by atoms with van der Waals surface area (Å²) in [6, 6.07) is 7.59. The predicted molar refractivity (Wildman–Crippen MR) is 99.0 cm³/mol. The highest BCUT2D eigenvalue weighted by Gasteiger charge is 2.15. The van der Waals surface area contributed by atoms with Crippen molar-refractivity contribution in [2.45, 2.75) is 39.9 Å². The molecule has 0 unspecified atom stereocenters. The largest absolute Gasteiger partial charge is 0.287 e. The maximum atomic E-state index is 12.8. The third-order valence-corrected chi connectivity index (χ3v) is 4.51. The first-order valence-corrected chi connectivity index (χ1v) is 8.79. The van der Waals surface area contributed by atoms with Crippen LogP contribution in [0.4, 0.5) is 0 Å². The summed E-state index contributed by atoms with van der Waals surface area (Å²) in [7, 11) is 2.05. The van der Waals surface area contributed by atoms with Gasteiger partial charge in [-0.1, -0.05) is 26.0 Å². The SMILES string of the molecule is CCCN(C)Cn1nc2n(CCC)c(=O)c3ccccc3n2c1=S. The van der Waals surface area contributed by atoms with E-state index in [1.807, 2.05) is 35.7 Å². The van der Waals surface area contributed by atoms with Crippen LogP contribution in [-0.4, -0.2) is 37.2 Å². The number of para-hydroxylation sites is 1. The van der Waals surface area contributed by atoms with Crippen molar-refractivity contribution < 1.29 is 0 Å². The molecule has 7 heteroatoms. The number of benzene rings is 1. The van der Waals surface area contributed by atoms with Crippen molar-refractivity contribution in [3.05, 3.63) is 39.4 Å². The van der Waals surface area contributed by atoms with E-state index in [2.05, 4.69) is 23.8 Å². The van der Waals surface area contributed by atoms with E-state index in [1.54, 1.807) is 9.25 Å². The van der Waals surface area contributed by atoms with Gasteiger partial charge in [-0.25, -0.2) is 4.68 Å². The summed E-state index contributed by atoms with van der Waals surface area (Å²) < 4.78 is 6.07. The van der Waals surface area contributed by atoms with Gasteiger partial charge in [0.25, 0.3) is 5.56 Å². The number of nitrogens with zero attached hydrogens (tertiary/aromatic N) is 5. The normalized spacial score (nSPS) is 11.8. The number of hydrogen-bond acceptors (Lipinski definition) is 4. The molecule has 3 rings (SSSR count). The molecule has 2 heterocycles. The first kappa shape index (κ1) is 16.9. The fraction of sp³-hybridized carbons (Fsp3) is 0.471. The summed E-state index contributed by atoms with van der Waals surface area (Å²) in [5.74, 6) is 0.621. The molecule has 2 aromatic heterocycles. The fourth-order valence-electron chi connectivity index (χ4n) is 3.07. The molecule has 128 valence electrons. The molecule has 0 saturated heterocycles. The van der Waals surface area contributed by atoms with Crippen LogP contribution in [0.2, 0.25) is 0 Å². The van der Waals surface area contributed by atoms with Crippen molar-refractivity contribution in [1.82, 2.24) is 23.6 Å². The Morgan fingerprint density at radius 2 is 1.96 bits per heavy atom. The molecule has 0 aliphatic carbocycles. The monoisotopic (exact) mass is 345 g/mol. The average molecular weight is 345 g/mol. The van der Waals surface area contributed by atoms with Gasteiger partial charge in [0.2, 0.25) is 10.5 Å². The molecule has 0 amide bonds. The summed E-state index contributed by atoms with van der Waals surface area (Å²) >= 11 is 5.67. The van der Waals surface area contributed by atoms with Crippen molar-refractivity contribution in [2.24, 2.45) is 0 Å². The number of aromatic nitrogens is 4. The molecule has 0 aliphatic rings. The lowest BCUT2D eigenvalue weighted by molar-refractivity contribution is 0.253. The van der Waals surface area contributed by atoms with Gasteiger partial charge in [0, 0.05) is 6.54 Å². The predicted octanol–water partition coefficient (Wildman–Crippen LogP) is 2.89. The summed E-state index contributed by atoms with van der Waals surface area (Å²) in [4.78, 5) is 15.0. The third kappa shape index (κ3) is 2.78. The van der Waals surface area contributed by atoms with Crippen LogP contribution in [0.1, 0.15) is 26.7 Å². The third-order valence-electron chi connectivity index (χ3n) is 4.11. The highest BCUT2D eigenvalue weighted by atomic mass is 32.1. The lowest BCUT2D eigenvalue weighted by atomic mass is 10.2. The standard InChI is InChI=1S/C17H23N5OS/c1-4-10-19(3)12-21-17(24)22-14-9-7-6-8-13(14)15(23)20(11-5-2)16(22)18-21/h6-9H,4-5,10-12H2,1-3H3. The van der Waals surface area contributed by atoms with E-state index < -0.39 is 0 Å². The minimum Gasteiger partial charge on any atom is -0.287 e. The Hall–Kier alpha value is -1.99. The first-order valence-electron chi connectivity index (χ1n) is 8.38. The van der Waals surface area contributed by atoms with Crippen LogP contribution in [0.25, 0.3) is 16.7 Å². The van der Waals surface area contributed by atoms with Gasteiger partial charge < -0.3 is 0 Å². The number of hydrogen-bond donors (Lipinski definition) is 0. The molecule has 1 aromatic carbocycles. The molecule has 0 bridgehead atoms. The fourth-order valence-corrected chi connectivity index (χ4v) is 3.34. The van der Waals surface area contributed by atoms with E-state index >= 15 is 0 Å². The van der Waals surface area contributed by atoms with E-state index in [-0.39, 0.29) is 5.56 Å². The van der Waals surface area contributed by atoms with E-state index in [1.165, 1.54) is 0 Å². The second-order valence-electron chi connectivity index (χ2n) is 6.11. The quantitative estimate of drug-likeness (QED) is 0.645. The molecule has 0 fully saturated rings. The van der Waals surface area contributed by atoms with Gasteiger partial charge >= 0.3 is 0 Å². The molecule has 0 saturated carbocycles. The van der Waals surface area contributed by atoms with Crippen LogP contribution in [0, 0.1) is 4.77 Å². The Balaban J connectivity index is 2.31. The minimum absolute atomic E-state index is 0.00554. The molecule has 0 N–H and O–H groups in total. The van der Waals surface area contributed by atoms with Crippen LogP contribution in [0.15, 0.2) is 29.1 Å². The van der Waals surface area contributed by atoms with Crippen LogP contribution in [0.5, 0.6) is 0 Å². The van der Waals surface area contributed by atoms with Crippen LogP contribution >= 0.6 is 12.2 Å². The van der Waals surface area contributed by atoms with Gasteiger partial charge in [0.15, 0.2) is 0 Å². The number of aryl methyl sites for hydroxylation is 1. The molecular weight excluding hydrogens is 322 g/mol. The van der Waals surface area contributed by atoms with Crippen molar-refractivity contribution in [2.75, 3.05) is 13.6 Å². The Labute approximate surface area is 145 Å². The summed E-state index contributed by atoms with van der Waals surface area (Å²) in [5.41, 5.74) is 0.813. The Bertz CT molecular complexity index is 984. The second kappa shape index (κ2) is 6.86. The molecule has 0 aliphatic heterocycles. The Morgan fingerprint density at radius 3 is 2.67 bits per heavy atom. The van der Waals surface area contributed by atoms with E-state index in [9.17, 15) is 4.79 Å². The number of fused-ring (bicyclic) bond motifs is 3. The van der Waals surface area contributed by atoms with E-state index in [4.69, 9.17) is 12.2 Å². The van der Waals surface area contributed by atoms with Gasteiger partial charge in [-0.15, -0.1) is 5.10 Å². The number of rotatable bonds is 6. The second-order valence-corrected chi connectivity index (χ2v) is 6.48. The van der Waals surface area contributed by atoms with Crippen LogP contribution in [0.3, 0.4) is 0 Å². The van der Waals surface area contributed by atoms with Crippen LogP contribution in [-0.2, 0) is 13.2 Å². The molecule has 3 aromatic rings. The lowest BCUT2D eigenvalue weighted by Crippen LogP contribution is -2.24. The van der Waals surface area contributed by atoms with Gasteiger partial charge in [0.1, 0.15) is 0 Å². The van der Waals surface area contributed by atoms with Gasteiger partial charge in [-0.2, -0.15) is 0 Å². The zero-order valence-electron chi connectivity index (χ0n) is 14.4. The molecule has 0 radical (unpaired) electrons. The van der Waals surface area contributed by atoms with E-state index in [0.29, 0.717) is 29.1 Å². The summed E-state index contributed by atoms with van der Waals surface area (Å²) in [5, 5.41) is 5.34. The zero-order chi connectivity index (χ0) is 17.3. The molecule has 6 nitrogen and oxygen atoms in total. The average Bonchev–Trinajstić information content (AvgIpc) is 2.88. The highest BCUT2D eigenvalue weighted by Crippen LogP contribution is 2.14. The maximum Gasteiger partial charge on any atom is 0.262 e.